The molecule has 3 N–H and O–H groups in total. The zero-order valence-electron chi connectivity index (χ0n) is 21.2. The van der Waals surface area contributed by atoms with E-state index in [1.54, 1.807) is 38.2 Å². The zero-order chi connectivity index (χ0) is 27.7. The maximum absolute atomic E-state index is 14.1. The highest BCUT2D eigenvalue weighted by Gasteiger charge is 2.22. The van der Waals surface area contributed by atoms with E-state index in [1.807, 2.05) is 6.55 Å². The van der Waals surface area contributed by atoms with E-state index in [4.69, 9.17) is 25.7 Å². The van der Waals surface area contributed by atoms with E-state index in [0.717, 1.165) is 6.20 Å². The number of anilines is 2. The molecule has 3 aromatic heterocycles. The Balaban J connectivity index is 1.58. The molecule has 201 valence electrons. The molecule has 0 spiro atoms. The molecule has 4 aromatic rings. The number of hydrogen-bond donors (Lipinski definition) is 3. The number of carbonyl (C=O) groups excluding carboxylic acids is 2. The van der Waals surface area contributed by atoms with Crippen LogP contribution in [0.25, 0.3) is 16.8 Å². The molecule has 39 heavy (non-hydrogen) atoms. The van der Waals surface area contributed by atoms with Crippen LogP contribution in [-0.2, 0) is 11.3 Å². The molecular weight excluding hydrogens is 545 g/mol. The number of nitrogens with zero attached hydrogens (tertiary/aromatic N) is 4. The van der Waals surface area contributed by atoms with Crippen LogP contribution in [0.4, 0.5) is 20.7 Å². The second-order valence-corrected chi connectivity index (χ2v) is 11.4. The van der Waals surface area contributed by atoms with Gasteiger partial charge in [0, 0.05) is 41.3 Å². The first-order chi connectivity index (χ1) is 18.7. The van der Waals surface area contributed by atoms with Crippen molar-refractivity contribution in [3.05, 3.63) is 64.8 Å². The lowest BCUT2D eigenvalue weighted by Gasteiger charge is -2.17. The number of carbonyl (C=O) groups is 2. The van der Waals surface area contributed by atoms with E-state index >= 15 is 0 Å². The monoisotopic (exact) mass is 568 g/mol. The number of amides is 2. The molecule has 0 fully saturated rings. The number of benzene rings is 1. The van der Waals surface area contributed by atoms with Gasteiger partial charge in [-0.15, -0.1) is 0 Å². The van der Waals surface area contributed by atoms with Crippen molar-refractivity contribution in [2.24, 2.45) is 0 Å². The number of hydrogen-bond acceptors (Lipinski definition) is 8. The third-order valence-corrected chi connectivity index (χ3v) is 7.22. The summed E-state index contributed by atoms with van der Waals surface area (Å²) >= 11 is 6.65. The van der Waals surface area contributed by atoms with Gasteiger partial charge in [0.2, 0.25) is 5.88 Å². The number of rotatable bonds is 3. The molecule has 2 bridgehead atoms. The van der Waals surface area contributed by atoms with Crippen molar-refractivity contribution < 1.29 is 23.1 Å². The molecule has 2 amide bonds. The molecule has 1 aliphatic rings. The summed E-state index contributed by atoms with van der Waals surface area (Å²) in [5.74, 6) is -0.209. The first kappa shape index (κ1) is 26.4. The topological polar surface area (TPSA) is 132 Å². The molecule has 1 radical (unpaired) electrons. The van der Waals surface area contributed by atoms with Gasteiger partial charge in [0.15, 0.2) is 5.65 Å². The van der Waals surface area contributed by atoms with E-state index in [9.17, 15) is 14.0 Å². The number of pyridine rings is 1. The van der Waals surface area contributed by atoms with Crippen molar-refractivity contribution in [1.82, 2.24) is 24.9 Å². The summed E-state index contributed by atoms with van der Waals surface area (Å²) in [7, 11) is -1.54. The van der Waals surface area contributed by atoms with E-state index in [1.165, 1.54) is 16.8 Å². The van der Waals surface area contributed by atoms with Crippen LogP contribution in [0.3, 0.4) is 0 Å². The van der Waals surface area contributed by atoms with Gasteiger partial charge < -0.3 is 19.8 Å². The van der Waals surface area contributed by atoms with Crippen LogP contribution < -0.4 is 20.4 Å². The minimum Gasteiger partial charge on any atom is -0.527 e. The lowest BCUT2D eigenvalue weighted by molar-refractivity contribution is 0.0960. The average Bonchev–Trinajstić information content (AvgIpc) is 3.29. The average molecular weight is 569 g/mol. The SMILES string of the molecule is CC(C)OC(=O)Nc1ccc(-c2cn3ncc4c3nc2NCc2cc(F)cnc2O[Si](C)CNC4=O)c(Cl)c1. The second kappa shape index (κ2) is 10.9. The highest BCUT2D eigenvalue weighted by atomic mass is 35.5. The highest BCUT2D eigenvalue weighted by molar-refractivity contribution is 6.51. The van der Waals surface area contributed by atoms with E-state index in [-0.39, 0.29) is 30.0 Å². The van der Waals surface area contributed by atoms with Crippen molar-refractivity contribution in [3.8, 4) is 17.0 Å². The molecule has 0 saturated carbocycles. The van der Waals surface area contributed by atoms with Crippen LogP contribution >= 0.6 is 11.6 Å². The Morgan fingerprint density at radius 2 is 2.05 bits per heavy atom. The minimum atomic E-state index is -1.54. The predicted molar refractivity (Wildman–Crippen MR) is 145 cm³/mol. The van der Waals surface area contributed by atoms with Crippen LogP contribution in [0.1, 0.15) is 29.8 Å². The Kier molecular flexibility index (Phi) is 7.35. The fourth-order valence-electron chi connectivity index (χ4n) is 3.94. The Labute approximate surface area is 229 Å². The normalized spacial score (nSPS) is 13.9. The maximum atomic E-state index is 14.1. The number of fused-ring (bicyclic) bond motifs is 2. The molecule has 1 aliphatic heterocycles. The molecule has 1 aromatic carbocycles. The van der Waals surface area contributed by atoms with Crippen molar-refractivity contribution in [3.63, 3.8) is 0 Å². The fraction of sp³-hybridized carbons (Fsp3) is 0.240. The number of halogens is 2. The third kappa shape index (κ3) is 5.78. The summed E-state index contributed by atoms with van der Waals surface area (Å²) in [4.78, 5) is 33.8. The van der Waals surface area contributed by atoms with Gasteiger partial charge in [0.25, 0.3) is 14.9 Å². The molecule has 11 nitrogen and oxygen atoms in total. The minimum absolute atomic E-state index is 0.133. The van der Waals surface area contributed by atoms with Gasteiger partial charge in [0.1, 0.15) is 17.2 Å². The molecule has 4 heterocycles. The summed E-state index contributed by atoms with van der Waals surface area (Å²) in [6.45, 7) is 5.51. The molecule has 0 unspecified atom stereocenters. The molecule has 0 atom stereocenters. The van der Waals surface area contributed by atoms with Gasteiger partial charge in [-0.25, -0.2) is 23.7 Å². The highest BCUT2D eigenvalue weighted by Crippen LogP contribution is 2.35. The summed E-state index contributed by atoms with van der Waals surface area (Å²) in [6, 6.07) is 6.32. The smallest absolute Gasteiger partial charge is 0.411 e. The maximum Gasteiger partial charge on any atom is 0.411 e. The van der Waals surface area contributed by atoms with Gasteiger partial charge in [0.05, 0.1) is 23.5 Å². The number of aromatic nitrogens is 4. The Morgan fingerprint density at radius 1 is 1.23 bits per heavy atom. The fourth-order valence-corrected chi connectivity index (χ4v) is 5.22. The largest absolute Gasteiger partial charge is 0.527 e. The van der Waals surface area contributed by atoms with Crippen LogP contribution in [0.5, 0.6) is 5.88 Å². The van der Waals surface area contributed by atoms with Crippen molar-refractivity contribution >= 4 is 49.8 Å². The zero-order valence-corrected chi connectivity index (χ0v) is 23.0. The van der Waals surface area contributed by atoms with Gasteiger partial charge in [-0.2, -0.15) is 5.10 Å². The Bertz CT molecular complexity index is 1580. The molecule has 14 heteroatoms. The first-order valence-corrected chi connectivity index (χ1v) is 14.5. The van der Waals surface area contributed by atoms with Crippen molar-refractivity contribution in [2.75, 3.05) is 16.8 Å². The number of ether oxygens (including phenoxy) is 1. The van der Waals surface area contributed by atoms with Crippen LogP contribution in [0.2, 0.25) is 11.6 Å². The Hall–Kier alpha value is -4.23. The quantitative estimate of drug-likeness (QED) is 0.309. The molecule has 0 aliphatic carbocycles. The summed E-state index contributed by atoms with van der Waals surface area (Å²) < 4.78 is 26.7. The van der Waals surface area contributed by atoms with Crippen LogP contribution in [0, 0.1) is 5.82 Å². The van der Waals surface area contributed by atoms with Gasteiger partial charge in [-0.05, 0) is 38.6 Å². The van der Waals surface area contributed by atoms with E-state index < -0.39 is 21.0 Å². The first-order valence-electron chi connectivity index (χ1n) is 12.0. The standard InChI is InChI=1S/C25H24ClFN7O4Si/c1-13(2)37-25(36)32-16-4-5-17(20(26)7-16)19-11-34-22-18(10-31-34)23(35)30-12-39(3)38-24-14(6-15(27)9-29-24)8-28-21(19)33-22/h4-7,9-11,13H,8,12H2,1-3H3,(H,28,33)(H,30,35)(H,32,36). The summed E-state index contributed by atoms with van der Waals surface area (Å²) in [6.07, 6.45) is 3.63. The van der Waals surface area contributed by atoms with Crippen molar-refractivity contribution in [2.45, 2.75) is 33.0 Å². The van der Waals surface area contributed by atoms with Gasteiger partial charge in [-0.1, -0.05) is 17.7 Å². The van der Waals surface area contributed by atoms with Crippen molar-refractivity contribution in [1.29, 1.82) is 0 Å². The predicted octanol–water partition coefficient (Wildman–Crippen LogP) is 4.44. The Morgan fingerprint density at radius 3 is 2.82 bits per heavy atom. The third-order valence-electron chi connectivity index (χ3n) is 5.69. The lowest BCUT2D eigenvalue weighted by Crippen LogP contribution is -2.37. The van der Waals surface area contributed by atoms with E-state index in [0.29, 0.717) is 45.0 Å². The second-order valence-electron chi connectivity index (χ2n) is 9.06. The molecule has 5 rings (SSSR count). The van der Waals surface area contributed by atoms with Crippen LogP contribution in [-0.4, -0.2) is 52.9 Å². The molecule has 0 saturated heterocycles. The van der Waals surface area contributed by atoms with Gasteiger partial charge >= 0.3 is 6.09 Å². The summed E-state index contributed by atoms with van der Waals surface area (Å²) in [5.41, 5.74) is 2.68. The number of nitrogens with one attached hydrogen (secondary N) is 3. The van der Waals surface area contributed by atoms with Gasteiger partial charge in [-0.3, -0.25) is 10.1 Å². The molecular formula is C25H24ClFN7O4Si. The van der Waals surface area contributed by atoms with Crippen LogP contribution in [0.15, 0.2) is 42.9 Å². The lowest BCUT2D eigenvalue weighted by atomic mass is 10.1. The summed E-state index contributed by atoms with van der Waals surface area (Å²) in [5, 5.41) is 13.4. The van der Waals surface area contributed by atoms with E-state index in [2.05, 4.69) is 26.0 Å².